The number of rotatable bonds is 10. The highest BCUT2D eigenvalue weighted by atomic mass is 19.1. The molecule has 0 bridgehead atoms. The van der Waals surface area contributed by atoms with Crippen molar-refractivity contribution >= 4 is 17.9 Å². The minimum Gasteiger partial charge on any atom is -0.490 e. The zero-order chi connectivity index (χ0) is 22.1. The van der Waals surface area contributed by atoms with Crippen molar-refractivity contribution in [2.24, 2.45) is 5.73 Å². The summed E-state index contributed by atoms with van der Waals surface area (Å²) in [5, 5.41) is 0. The van der Waals surface area contributed by atoms with E-state index in [2.05, 4.69) is 0 Å². The standard InChI is InChI=1S/C23H27FN2O4/c1-4-13-30-19-11-9-16(14-20(19)29-5-2)10-12-21(27)26(3)22(23(25)28)17-7-6-8-18(24)15-17/h6-12,14-15,22H,4-5,13H2,1-3H3,(H2,25,28)/b12-10+. The van der Waals surface area contributed by atoms with Crippen molar-refractivity contribution in [2.45, 2.75) is 26.3 Å². The summed E-state index contributed by atoms with van der Waals surface area (Å²) in [6.45, 7) is 4.95. The van der Waals surface area contributed by atoms with E-state index in [0.717, 1.165) is 12.0 Å². The molecular formula is C23H27FN2O4. The summed E-state index contributed by atoms with van der Waals surface area (Å²) in [4.78, 5) is 25.7. The van der Waals surface area contributed by atoms with E-state index in [1.54, 1.807) is 30.3 Å². The molecule has 0 spiro atoms. The monoisotopic (exact) mass is 414 g/mol. The quantitative estimate of drug-likeness (QED) is 0.601. The lowest BCUT2D eigenvalue weighted by Gasteiger charge is -2.25. The number of carbonyl (C=O) groups is 2. The molecule has 2 aromatic rings. The molecule has 160 valence electrons. The van der Waals surface area contributed by atoms with Crippen LogP contribution < -0.4 is 15.2 Å². The third-order valence-corrected chi connectivity index (χ3v) is 4.32. The van der Waals surface area contributed by atoms with Crippen molar-refractivity contribution in [3.63, 3.8) is 0 Å². The van der Waals surface area contributed by atoms with Gasteiger partial charge in [-0.05, 0) is 54.8 Å². The molecule has 0 fully saturated rings. The summed E-state index contributed by atoms with van der Waals surface area (Å²) < 4.78 is 24.8. The highest BCUT2D eigenvalue weighted by Crippen LogP contribution is 2.29. The normalized spacial score (nSPS) is 11.9. The van der Waals surface area contributed by atoms with Crippen molar-refractivity contribution in [2.75, 3.05) is 20.3 Å². The predicted molar refractivity (Wildman–Crippen MR) is 114 cm³/mol. The molecule has 2 aromatic carbocycles. The Morgan fingerprint density at radius 1 is 1.13 bits per heavy atom. The molecule has 0 saturated carbocycles. The lowest BCUT2D eigenvalue weighted by Crippen LogP contribution is -2.38. The largest absolute Gasteiger partial charge is 0.490 e. The van der Waals surface area contributed by atoms with Gasteiger partial charge < -0.3 is 20.1 Å². The number of halogens is 1. The topological polar surface area (TPSA) is 81.9 Å². The number of nitrogens with zero attached hydrogens (tertiary/aromatic N) is 1. The van der Waals surface area contributed by atoms with Crippen molar-refractivity contribution in [1.82, 2.24) is 4.90 Å². The number of amides is 2. The van der Waals surface area contributed by atoms with E-state index < -0.39 is 23.7 Å². The van der Waals surface area contributed by atoms with E-state index >= 15 is 0 Å². The SMILES string of the molecule is CCCOc1ccc(/C=C/C(=O)N(C)C(C(N)=O)c2cccc(F)c2)cc1OCC. The zero-order valence-corrected chi connectivity index (χ0v) is 17.4. The van der Waals surface area contributed by atoms with Gasteiger partial charge in [0, 0.05) is 13.1 Å². The fraction of sp³-hybridized carbons (Fsp3) is 0.304. The molecule has 1 unspecified atom stereocenters. The minimum absolute atomic E-state index is 0.308. The van der Waals surface area contributed by atoms with Crippen LogP contribution in [0.1, 0.15) is 37.4 Å². The summed E-state index contributed by atoms with van der Waals surface area (Å²) in [7, 11) is 1.44. The van der Waals surface area contributed by atoms with E-state index in [1.807, 2.05) is 13.8 Å². The Morgan fingerprint density at radius 2 is 1.90 bits per heavy atom. The van der Waals surface area contributed by atoms with E-state index in [1.165, 1.54) is 36.2 Å². The van der Waals surface area contributed by atoms with Gasteiger partial charge in [0.1, 0.15) is 11.9 Å². The number of carbonyl (C=O) groups excluding carboxylic acids is 2. The van der Waals surface area contributed by atoms with E-state index in [-0.39, 0.29) is 0 Å². The number of nitrogens with two attached hydrogens (primary N) is 1. The minimum atomic E-state index is -1.08. The van der Waals surface area contributed by atoms with Crippen LogP contribution in [0.15, 0.2) is 48.5 Å². The van der Waals surface area contributed by atoms with E-state index in [0.29, 0.717) is 30.3 Å². The Balaban J connectivity index is 2.20. The van der Waals surface area contributed by atoms with Gasteiger partial charge in [-0.25, -0.2) is 4.39 Å². The summed E-state index contributed by atoms with van der Waals surface area (Å²) in [6.07, 6.45) is 3.81. The van der Waals surface area contributed by atoms with Crippen LogP contribution in [-0.4, -0.2) is 37.0 Å². The predicted octanol–water partition coefficient (Wildman–Crippen LogP) is 3.71. The Bertz CT molecular complexity index is 914. The maximum absolute atomic E-state index is 13.5. The third kappa shape index (κ3) is 6.07. The first-order chi connectivity index (χ1) is 14.4. The number of likely N-dealkylation sites (N-methyl/N-ethyl adjacent to an activating group) is 1. The summed E-state index contributed by atoms with van der Waals surface area (Å²) in [5.74, 6) is -0.486. The van der Waals surface area contributed by atoms with Crippen molar-refractivity contribution in [3.05, 3.63) is 65.5 Å². The summed E-state index contributed by atoms with van der Waals surface area (Å²) in [6, 6.07) is 9.74. The van der Waals surface area contributed by atoms with Crippen molar-refractivity contribution in [3.8, 4) is 11.5 Å². The number of benzene rings is 2. The molecule has 1 atom stereocenters. The van der Waals surface area contributed by atoms with Gasteiger partial charge in [0.05, 0.1) is 13.2 Å². The number of hydrogen-bond donors (Lipinski definition) is 1. The van der Waals surface area contributed by atoms with E-state index in [9.17, 15) is 14.0 Å². The van der Waals surface area contributed by atoms with Crippen LogP contribution in [0, 0.1) is 5.82 Å². The highest BCUT2D eigenvalue weighted by molar-refractivity contribution is 5.95. The Morgan fingerprint density at radius 3 is 2.53 bits per heavy atom. The number of primary amides is 1. The van der Waals surface area contributed by atoms with Gasteiger partial charge in [0.25, 0.3) is 0 Å². The van der Waals surface area contributed by atoms with Crippen LogP contribution in [-0.2, 0) is 9.59 Å². The van der Waals surface area contributed by atoms with Gasteiger partial charge in [0.15, 0.2) is 11.5 Å². The fourth-order valence-corrected chi connectivity index (χ4v) is 2.90. The molecular weight excluding hydrogens is 387 g/mol. The molecule has 0 aromatic heterocycles. The first-order valence-corrected chi connectivity index (χ1v) is 9.76. The third-order valence-electron chi connectivity index (χ3n) is 4.32. The van der Waals surface area contributed by atoms with Crippen LogP contribution in [0.3, 0.4) is 0 Å². The molecule has 7 heteroatoms. The van der Waals surface area contributed by atoms with Crippen molar-refractivity contribution in [1.29, 1.82) is 0 Å². The van der Waals surface area contributed by atoms with E-state index in [4.69, 9.17) is 15.2 Å². The molecule has 0 aliphatic carbocycles. The molecule has 0 saturated heterocycles. The molecule has 0 aliphatic heterocycles. The average molecular weight is 414 g/mol. The van der Waals surface area contributed by atoms with Gasteiger partial charge in [-0.2, -0.15) is 0 Å². The first-order valence-electron chi connectivity index (χ1n) is 9.76. The Hall–Kier alpha value is -3.35. The lowest BCUT2D eigenvalue weighted by atomic mass is 10.0. The summed E-state index contributed by atoms with van der Waals surface area (Å²) in [5.41, 5.74) is 6.50. The Kier molecular flexibility index (Phi) is 8.41. The van der Waals surface area contributed by atoms with Crippen LogP contribution in [0.2, 0.25) is 0 Å². The molecule has 0 radical (unpaired) electrons. The van der Waals surface area contributed by atoms with Gasteiger partial charge in [-0.15, -0.1) is 0 Å². The summed E-state index contributed by atoms with van der Waals surface area (Å²) >= 11 is 0. The number of hydrogen-bond acceptors (Lipinski definition) is 4. The molecule has 2 N–H and O–H groups in total. The molecule has 2 rings (SSSR count). The maximum atomic E-state index is 13.5. The Labute approximate surface area is 176 Å². The fourth-order valence-electron chi connectivity index (χ4n) is 2.90. The highest BCUT2D eigenvalue weighted by Gasteiger charge is 2.25. The second kappa shape index (κ2) is 11.0. The van der Waals surface area contributed by atoms with Gasteiger partial charge in [-0.3, -0.25) is 9.59 Å². The number of ether oxygens (including phenoxy) is 2. The lowest BCUT2D eigenvalue weighted by molar-refractivity contribution is -0.134. The second-order valence-corrected chi connectivity index (χ2v) is 6.63. The van der Waals surface area contributed by atoms with Crippen LogP contribution in [0.25, 0.3) is 6.08 Å². The molecule has 0 heterocycles. The first kappa shape index (κ1) is 22.9. The van der Waals surface area contributed by atoms with Gasteiger partial charge in [-0.1, -0.05) is 25.1 Å². The molecule has 30 heavy (non-hydrogen) atoms. The average Bonchev–Trinajstić information content (AvgIpc) is 2.71. The van der Waals surface area contributed by atoms with Crippen molar-refractivity contribution < 1.29 is 23.5 Å². The molecule has 2 amide bonds. The zero-order valence-electron chi connectivity index (χ0n) is 17.4. The maximum Gasteiger partial charge on any atom is 0.247 e. The smallest absolute Gasteiger partial charge is 0.247 e. The molecule has 6 nitrogen and oxygen atoms in total. The van der Waals surface area contributed by atoms with Crippen LogP contribution in [0.4, 0.5) is 4.39 Å². The van der Waals surface area contributed by atoms with Crippen LogP contribution >= 0.6 is 0 Å². The molecule has 0 aliphatic rings. The van der Waals surface area contributed by atoms with Gasteiger partial charge >= 0.3 is 0 Å². The van der Waals surface area contributed by atoms with Gasteiger partial charge in [0.2, 0.25) is 11.8 Å². The second-order valence-electron chi connectivity index (χ2n) is 6.63. The van der Waals surface area contributed by atoms with Crippen LogP contribution in [0.5, 0.6) is 11.5 Å².